The van der Waals surface area contributed by atoms with Gasteiger partial charge in [0.05, 0.1) is 12.8 Å². The van der Waals surface area contributed by atoms with Gasteiger partial charge in [0.25, 0.3) is 0 Å². The van der Waals surface area contributed by atoms with Crippen molar-refractivity contribution < 1.29 is 9.53 Å². The number of amides is 1. The third kappa shape index (κ3) is 6.71. The molecule has 0 bridgehead atoms. The van der Waals surface area contributed by atoms with E-state index in [1.54, 1.807) is 12.0 Å². The van der Waals surface area contributed by atoms with Crippen molar-refractivity contribution in [3.63, 3.8) is 0 Å². The lowest BCUT2D eigenvalue weighted by molar-refractivity contribution is -0.107. The standard InChI is InChI=1S/C24H39N3O2/c1-29-24-14-8-7-13-23(24)27(21-28)16-10-3-2-9-15-25-17-19-26(20-18-25)22-11-5-4-6-12-22/h7-8,13-14,21-22H,2-6,9-12,15-20H2,1H3. The van der Waals surface area contributed by atoms with Gasteiger partial charge in [-0.3, -0.25) is 9.69 Å². The van der Waals surface area contributed by atoms with Gasteiger partial charge in [-0.15, -0.1) is 0 Å². The Bertz CT molecular complexity index is 596. The summed E-state index contributed by atoms with van der Waals surface area (Å²) in [6, 6.07) is 8.60. The highest BCUT2D eigenvalue weighted by Gasteiger charge is 2.24. The van der Waals surface area contributed by atoms with Crippen molar-refractivity contribution in [2.24, 2.45) is 0 Å². The van der Waals surface area contributed by atoms with Crippen LogP contribution in [0.5, 0.6) is 5.75 Å². The minimum absolute atomic E-state index is 0.754. The smallest absolute Gasteiger partial charge is 0.214 e. The van der Waals surface area contributed by atoms with E-state index < -0.39 is 0 Å². The quantitative estimate of drug-likeness (QED) is 0.412. The summed E-state index contributed by atoms with van der Waals surface area (Å²) in [6.07, 6.45) is 12.8. The topological polar surface area (TPSA) is 36.0 Å². The monoisotopic (exact) mass is 401 g/mol. The molecule has 1 heterocycles. The zero-order valence-electron chi connectivity index (χ0n) is 18.2. The second-order valence-corrected chi connectivity index (χ2v) is 8.55. The van der Waals surface area contributed by atoms with E-state index in [1.807, 2.05) is 24.3 Å². The molecule has 0 unspecified atom stereocenters. The maximum Gasteiger partial charge on any atom is 0.214 e. The van der Waals surface area contributed by atoms with Crippen LogP contribution in [0.1, 0.15) is 57.8 Å². The second kappa shape index (κ2) is 12.2. The van der Waals surface area contributed by atoms with Gasteiger partial charge in [0.1, 0.15) is 5.75 Å². The van der Waals surface area contributed by atoms with Crippen molar-refractivity contribution in [3.8, 4) is 5.75 Å². The fourth-order valence-electron chi connectivity index (χ4n) is 4.87. The number of carbonyl (C=O) groups excluding carboxylic acids is 1. The van der Waals surface area contributed by atoms with Crippen LogP contribution in [0.4, 0.5) is 5.69 Å². The van der Waals surface area contributed by atoms with Crippen LogP contribution in [0.15, 0.2) is 24.3 Å². The van der Waals surface area contributed by atoms with E-state index in [9.17, 15) is 4.79 Å². The van der Waals surface area contributed by atoms with Crippen LogP contribution in [0, 0.1) is 0 Å². The van der Waals surface area contributed by atoms with Crippen molar-refractivity contribution >= 4 is 12.1 Å². The molecule has 1 amide bonds. The molecule has 0 atom stereocenters. The Kier molecular flexibility index (Phi) is 9.29. The molecular formula is C24H39N3O2. The first-order valence-corrected chi connectivity index (χ1v) is 11.6. The van der Waals surface area contributed by atoms with Crippen LogP contribution in [0.2, 0.25) is 0 Å². The molecule has 0 radical (unpaired) electrons. The number of benzene rings is 1. The largest absolute Gasteiger partial charge is 0.495 e. The first-order valence-electron chi connectivity index (χ1n) is 11.6. The molecule has 3 rings (SSSR count). The Morgan fingerprint density at radius 1 is 1.00 bits per heavy atom. The zero-order valence-corrected chi connectivity index (χ0v) is 18.2. The van der Waals surface area contributed by atoms with Crippen molar-refractivity contribution in [1.29, 1.82) is 0 Å². The first kappa shape index (κ1) is 22.1. The molecule has 0 N–H and O–H groups in total. The van der Waals surface area contributed by atoms with Gasteiger partial charge in [-0.25, -0.2) is 0 Å². The molecule has 1 saturated heterocycles. The van der Waals surface area contributed by atoms with Crippen LogP contribution >= 0.6 is 0 Å². The van der Waals surface area contributed by atoms with Gasteiger partial charge >= 0.3 is 0 Å². The van der Waals surface area contributed by atoms with Crippen molar-refractivity contribution in [3.05, 3.63) is 24.3 Å². The zero-order chi connectivity index (χ0) is 20.3. The van der Waals surface area contributed by atoms with E-state index in [1.165, 1.54) is 84.1 Å². The molecule has 1 aromatic rings. The maximum absolute atomic E-state index is 11.5. The number of anilines is 1. The Hall–Kier alpha value is -1.59. The third-order valence-electron chi connectivity index (χ3n) is 6.64. The highest BCUT2D eigenvalue weighted by Crippen LogP contribution is 2.27. The van der Waals surface area contributed by atoms with E-state index in [2.05, 4.69) is 9.80 Å². The number of ether oxygens (including phenoxy) is 1. The molecule has 1 aromatic carbocycles. The summed E-state index contributed by atoms with van der Waals surface area (Å²) < 4.78 is 5.38. The Morgan fingerprint density at radius 2 is 1.72 bits per heavy atom. The minimum atomic E-state index is 0.754. The van der Waals surface area contributed by atoms with Gasteiger partial charge < -0.3 is 14.5 Å². The van der Waals surface area contributed by atoms with E-state index in [-0.39, 0.29) is 0 Å². The number of hydrogen-bond donors (Lipinski definition) is 0. The minimum Gasteiger partial charge on any atom is -0.495 e. The molecule has 5 heteroatoms. The summed E-state index contributed by atoms with van der Waals surface area (Å²) in [5, 5.41) is 0. The van der Waals surface area contributed by atoms with Crippen molar-refractivity contribution in [2.45, 2.75) is 63.8 Å². The van der Waals surface area contributed by atoms with E-state index in [4.69, 9.17) is 4.74 Å². The van der Waals surface area contributed by atoms with Gasteiger partial charge in [0, 0.05) is 38.8 Å². The molecule has 1 aliphatic heterocycles. The fraction of sp³-hybridized carbons (Fsp3) is 0.708. The molecule has 29 heavy (non-hydrogen) atoms. The molecule has 1 aliphatic carbocycles. The molecule has 2 aliphatic rings. The van der Waals surface area contributed by atoms with Gasteiger partial charge in [0.2, 0.25) is 6.41 Å². The summed E-state index contributed by atoms with van der Waals surface area (Å²) in [5.41, 5.74) is 0.862. The number of methoxy groups -OCH3 is 1. The number of carbonyl (C=O) groups is 1. The average Bonchev–Trinajstić information content (AvgIpc) is 2.79. The van der Waals surface area contributed by atoms with Crippen LogP contribution < -0.4 is 9.64 Å². The Labute approximate surface area is 177 Å². The number of hydrogen-bond acceptors (Lipinski definition) is 4. The predicted molar refractivity (Wildman–Crippen MR) is 120 cm³/mol. The SMILES string of the molecule is COc1ccccc1N(C=O)CCCCCCN1CCN(C2CCCCC2)CC1. The average molecular weight is 402 g/mol. The molecule has 0 spiro atoms. The highest BCUT2D eigenvalue weighted by atomic mass is 16.5. The van der Waals surface area contributed by atoms with Crippen LogP contribution in [-0.2, 0) is 4.79 Å². The van der Waals surface area contributed by atoms with Crippen LogP contribution in [-0.4, -0.2) is 68.6 Å². The molecule has 2 fully saturated rings. The summed E-state index contributed by atoms with van der Waals surface area (Å²) in [4.78, 5) is 18.7. The summed E-state index contributed by atoms with van der Waals surface area (Å²) in [7, 11) is 1.65. The molecular weight excluding hydrogens is 362 g/mol. The third-order valence-corrected chi connectivity index (χ3v) is 6.64. The highest BCUT2D eigenvalue weighted by molar-refractivity contribution is 5.78. The van der Waals surface area contributed by atoms with Gasteiger partial charge in [-0.1, -0.05) is 44.2 Å². The van der Waals surface area contributed by atoms with E-state index >= 15 is 0 Å². The molecule has 162 valence electrons. The summed E-state index contributed by atoms with van der Waals surface area (Å²) >= 11 is 0. The first-order chi connectivity index (χ1) is 14.3. The number of para-hydroxylation sites is 2. The predicted octanol–water partition coefficient (Wildman–Crippen LogP) is 4.17. The lowest BCUT2D eigenvalue weighted by Gasteiger charge is -2.40. The number of piperazine rings is 1. The lowest BCUT2D eigenvalue weighted by Crippen LogP contribution is -2.50. The molecule has 5 nitrogen and oxygen atoms in total. The van der Waals surface area contributed by atoms with E-state index in [0.717, 1.165) is 36.9 Å². The Morgan fingerprint density at radius 3 is 2.45 bits per heavy atom. The number of unbranched alkanes of at least 4 members (excludes halogenated alkanes) is 3. The van der Waals surface area contributed by atoms with Crippen molar-refractivity contribution in [1.82, 2.24) is 9.80 Å². The second-order valence-electron chi connectivity index (χ2n) is 8.55. The summed E-state index contributed by atoms with van der Waals surface area (Å²) in [6.45, 7) is 6.98. The molecule has 1 saturated carbocycles. The maximum atomic E-state index is 11.5. The van der Waals surface area contributed by atoms with Gasteiger partial charge in [-0.05, 0) is 44.4 Å². The van der Waals surface area contributed by atoms with Crippen LogP contribution in [0.25, 0.3) is 0 Å². The lowest BCUT2D eigenvalue weighted by atomic mass is 9.94. The summed E-state index contributed by atoms with van der Waals surface area (Å²) in [5.74, 6) is 0.756. The Balaban J connectivity index is 1.27. The fourth-order valence-corrected chi connectivity index (χ4v) is 4.87. The van der Waals surface area contributed by atoms with E-state index in [0.29, 0.717) is 0 Å². The number of rotatable bonds is 11. The van der Waals surface area contributed by atoms with Gasteiger partial charge in [-0.2, -0.15) is 0 Å². The number of nitrogens with zero attached hydrogens (tertiary/aromatic N) is 3. The molecule has 0 aromatic heterocycles. The van der Waals surface area contributed by atoms with Crippen LogP contribution in [0.3, 0.4) is 0 Å². The van der Waals surface area contributed by atoms with Crippen molar-refractivity contribution in [2.75, 3.05) is 51.3 Å². The van der Waals surface area contributed by atoms with Gasteiger partial charge in [0.15, 0.2) is 0 Å². The normalized spacial score (nSPS) is 19.2.